The summed E-state index contributed by atoms with van der Waals surface area (Å²) in [6.07, 6.45) is 8.72. The number of hydrogen-bond donors (Lipinski definition) is 0. The van der Waals surface area contributed by atoms with Crippen LogP contribution in [0.25, 0.3) is 6.08 Å². The zero-order chi connectivity index (χ0) is 20.1. The Balaban J connectivity index is 1.27. The van der Waals surface area contributed by atoms with E-state index >= 15 is 0 Å². The number of pyridine rings is 1. The van der Waals surface area contributed by atoms with Gasteiger partial charge in [-0.25, -0.2) is 0 Å². The Labute approximate surface area is 171 Å². The molecule has 0 aliphatic carbocycles. The molecule has 2 fully saturated rings. The van der Waals surface area contributed by atoms with Gasteiger partial charge in [0.2, 0.25) is 11.8 Å². The van der Waals surface area contributed by atoms with E-state index in [2.05, 4.69) is 16.0 Å². The summed E-state index contributed by atoms with van der Waals surface area (Å²) in [6, 6.07) is 11.8. The fraction of sp³-hybridized carbons (Fsp3) is 0.348. The van der Waals surface area contributed by atoms with Gasteiger partial charge in [-0.05, 0) is 41.8 Å². The van der Waals surface area contributed by atoms with E-state index in [1.54, 1.807) is 12.3 Å². The Kier molecular flexibility index (Phi) is 6.00. The lowest BCUT2D eigenvalue weighted by Gasteiger charge is -2.34. The van der Waals surface area contributed by atoms with Crippen LogP contribution in [0.2, 0.25) is 0 Å². The molecule has 0 bridgehead atoms. The molecule has 150 valence electrons. The molecule has 2 aliphatic rings. The van der Waals surface area contributed by atoms with Gasteiger partial charge in [-0.15, -0.1) is 0 Å². The number of piperazine rings is 1. The first-order chi connectivity index (χ1) is 14.2. The molecule has 0 spiro atoms. The van der Waals surface area contributed by atoms with Gasteiger partial charge in [0.25, 0.3) is 0 Å². The summed E-state index contributed by atoms with van der Waals surface area (Å²) in [6.45, 7) is 4.87. The van der Waals surface area contributed by atoms with Crippen LogP contribution in [0.5, 0.6) is 0 Å². The number of aromatic nitrogens is 1. The minimum Gasteiger partial charge on any atom is -0.337 e. The van der Waals surface area contributed by atoms with Crippen molar-refractivity contribution in [2.24, 2.45) is 0 Å². The molecule has 1 aromatic heterocycles. The minimum atomic E-state index is 0.0461. The first-order valence-electron chi connectivity index (χ1n) is 10.2. The molecule has 2 amide bonds. The molecule has 0 atom stereocenters. The van der Waals surface area contributed by atoms with Crippen molar-refractivity contribution in [3.8, 4) is 0 Å². The van der Waals surface area contributed by atoms with E-state index in [1.165, 1.54) is 5.56 Å². The fourth-order valence-corrected chi connectivity index (χ4v) is 3.84. The van der Waals surface area contributed by atoms with E-state index in [9.17, 15) is 9.59 Å². The van der Waals surface area contributed by atoms with Crippen LogP contribution in [-0.2, 0) is 16.1 Å². The molecule has 0 saturated carbocycles. The summed E-state index contributed by atoms with van der Waals surface area (Å²) in [5, 5.41) is 0. The molecule has 29 heavy (non-hydrogen) atoms. The topological polar surface area (TPSA) is 56.8 Å². The highest BCUT2D eigenvalue weighted by atomic mass is 16.2. The van der Waals surface area contributed by atoms with Gasteiger partial charge in [-0.3, -0.25) is 19.5 Å². The second-order valence-electron chi connectivity index (χ2n) is 7.54. The zero-order valence-electron chi connectivity index (χ0n) is 16.5. The van der Waals surface area contributed by atoms with Gasteiger partial charge in [0, 0.05) is 69.8 Å². The van der Waals surface area contributed by atoms with Crippen LogP contribution in [0, 0.1) is 0 Å². The molecule has 6 nitrogen and oxygen atoms in total. The van der Waals surface area contributed by atoms with Gasteiger partial charge in [-0.2, -0.15) is 0 Å². The summed E-state index contributed by atoms with van der Waals surface area (Å²) in [4.78, 5) is 34.6. The molecular weight excluding hydrogens is 364 g/mol. The molecule has 3 heterocycles. The molecule has 0 radical (unpaired) electrons. The van der Waals surface area contributed by atoms with Crippen molar-refractivity contribution in [3.63, 3.8) is 0 Å². The highest BCUT2D eigenvalue weighted by Gasteiger charge is 2.21. The second kappa shape index (κ2) is 9.01. The number of benzene rings is 1. The summed E-state index contributed by atoms with van der Waals surface area (Å²) >= 11 is 0. The number of carbonyl (C=O) groups excluding carboxylic acids is 2. The largest absolute Gasteiger partial charge is 0.337 e. The Morgan fingerprint density at radius 3 is 2.48 bits per heavy atom. The van der Waals surface area contributed by atoms with Crippen molar-refractivity contribution in [3.05, 3.63) is 66.0 Å². The molecule has 4 rings (SSSR count). The van der Waals surface area contributed by atoms with Crippen LogP contribution >= 0.6 is 0 Å². The lowest BCUT2D eigenvalue weighted by molar-refractivity contribution is -0.127. The number of hydrogen-bond acceptors (Lipinski definition) is 4. The number of nitrogens with zero attached hydrogens (tertiary/aromatic N) is 4. The number of amides is 2. The Morgan fingerprint density at radius 2 is 1.83 bits per heavy atom. The van der Waals surface area contributed by atoms with Crippen LogP contribution in [0.15, 0.2) is 54.9 Å². The van der Waals surface area contributed by atoms with E-state index in [1.807, 2.05) is 52.4 Å². The molecule has 6 heteroatoms. The fourth-order valence-electron chi connectivity index (χ4n) is 3.84. The SMILES string of the molecule is O=C(/C=C/c1ccc(N2CCCC2=O)cc1)N1CCN(Cc2cccnc2)CC1. The lowest BCUT2D eigenvalue weighted by atomic mass is 10.1. The van der Waals surface area contributed by atoms with E-state index in [0.717, 1.165) is 56.9 Å². The standard InChI is InChI=1S/C23H26N4O2/c28-22(26-15-13-25(14-16-26)18-20-3-1-11-24-17-20)10-7-19-5-8-21(9-6-19)27-12-2-4-23(27)29/h1,3,5-11,17H,2,4,12-16,18H2/b10-7+. The first kappa shape index (κ1) is 19.3. The number of carbonyl (C=O) groups is 2. The van der Waals surface area contributed by atoms with Crippen LogP contribution < -0.4 is 4.90 Å². The van der Waals surface area contributed by atoms with Gasteiger partial charge in [0.1, 0.15) is 0 Å². The maximum Gasteiger partial charge on any atom is 0.246 e. The molecule has 2 aromatic rings. The van der Waals surface area contributed by atoms with Crippen LogP contribution in [0.1, 0.15) is 24.0 Å². The quantitative estimate of drug-likeness (QED) is 0.737. The first-order valence-corrected chi connectivity index (χ1v) is 10.2. The zero-order valence-corrected chi connectivity index (χ0v) is 16.5. The van der Waals surface area contributed by atoms with Gasteiger partial charge < -0.3 is 9.80 Å². The summed E-state index contributed by atoms with van der Waals surface area (Å²) in [7, 11) is 0. The van der Waals surface area contributed by atoms with Crippen LogP contribution in [0.4, 0.5) is 5.69 Å². The molecule has 0 unspecified atom stereocenters. The van der Waals surface area contributed by atoms with Gasteiger partial charge >= 0.3 is 0 Å². The predicted molar refractivity (Wildman–Crippen MR) is 113 cm³/mol. The van der Waals surface area contributed by atoms with Crippen LogP contribution in [0.3, 0.4) is 0 Å². The van der Waals surface area contributed by atoms with Gasteiger partial charge in [-0.1, -0.05) is 18.2 Å². The van der Waals surface area contributed by atoms with Crippen molar-refractivity contribution in [2.75, 3.05) is 37.6 Å². The van der Waals surface area contributed by atoms with Crippen molar-refractivity contribution >= 4 is 23.6 Å². The molecule has 2 saturated heterocycles. The Bertz CT molecular complexity index is 872. The molecule has 0 N–H and O–H groups in total. The third-order valence-electron chi connectivity index (χ3n) is 5.51. The molecular formula is C23H26N4O2. The third kappa shape index (κ3) is 4.90. The summed E-state index contributed by atoms with van der Waals surface area (Å²) < 4.78 is 0. The average Bonchev–Trinajstić information content (AvgIpc) is 3.19. The van der Waals surface area contributed by atoms with E-state index in [0.29, 0.717) is 6.42 Å². The Morgan fingerprint density at radius 1 is 1.03 bits per heavy atom. The third-order valence-corrected chi connectivity index (χ3v) is 5.51. The van der Waals surface area contributed by atoms with Gasteiger partial charge in [0.15, 0.2) is 0 Å². The summed E-state index contributed by atoms with van der Waals surface area (Å²) in [5.74, 6) is 0.232. The highest BCUT2D eigenvalue weighted by Crippen LogP contribution is 2.22. The second-order valence-corrected chi connectivity index (χ2v) is 7.54. The normalized spacial score (nSPS) is 18.0. The van der Waals surface area contributed by atoms with Crippen molar-refractivity contribution in [1.29, 1.82) is 0 Å². The van der Waals surface area contributed by atoms with Crippen molar-refractivity contribution < 1.29 is 9.59 Å². The number of anilines is 1. The smallest absolute Gasteiger partial charge is 0.246 e. The van der Waals surface area contributed by atoms with Crippen LogP contribution in [-0.4, -0.2) is 59.3 Å². The maximum atomic E-state index is 12.5. The average molecular weight is 390 g/mol. The number of rotatable bonds is 5. The van der Waals surface area contributed by atoms with Gasteiger partial charge in [0.05, 0.1) is 0 Å². The highest BCUT2D eigenvalue weighted by molar-refractivity contribution is 5.95. The van der Waals surface area contributed by atoms with Crippen molar-refractivity contribution in [1.82, 2.24) is 14.8 Å². The predicted octanol–water partition coefficient (Wildman–Crippen LogP) is 2.57. The summed E-state index contributed by atoms with van der Waals surface area (Å²) in [5.41, 5.74) is 3.09. The minimum absolute atomic E-state index is 0.0461. The van der Waals surface area contributed by atoms with E-state index in [-0.39, 0.29) is 11.8 Å². The maximum absolute atomic E-state index is 12.5. The molecule has 2 aliphatic heterocycles. The Hall–Kier alpha value is -2.99. The molecule has 1 aromatic carbocycles. The monoisotopic (exact) mass is 390 g/mol. The van der Waals surface area contributed by atoms with Crippen molar-refractivity contribution in [2.45, 2.75) is 19.4 Å². The lowest BCUT2D eigenvalue weighted by Crippen LogP contribution is -2.47. The van der Waals surface area contributed by atoms with E-state index in [4.69, 9.17) is 0 Å². The van der Waals surface area contributed by atoms with E-state index < -0.39 is 0 Å².